The maximum atomic E-state index is 13.0. The van der Waals surface area contributed by atoms with Crippen LogP contribution in [0.4, 0.5) is 0 Å². The molecule has 0 unspecified atom stereocenters. The molecule has 2 aliphatic rings. The zero-order chi connectivity index (χ0) is 15.6. The Bertz CT molecular complexity index is 358. The Morgan fingerprint density at radius 1 is 1.10 bits per heavy atom. The summed E-state index contributed by atoms with van der Waals surface area (Å²) in [6.07, 6.45) is 0. The minimum absolute atomic E-state index is 0.000694. The summed E-state index contributed by atoms with van der Waals surface area (Å²) in [5.41, 5.74) is 0.0391. The molecule has 1 atom stereocenters. The van der Waals surface area contributed by atoms with Crippen LogP contribution in [0.2, 0.25) is 0 Å². The van der Waals surface area contributed by atoms with E-state index < -0.39 is 0 Å². The average molecular weight is 296 g/mol. The second-order valence-corrected chi connectivity index (χ2v) is 7.54. The Kier molecular flexibility index (Phi) is 5.28. The van der Waals surface area contributed by atoms with E-state index in [1.54, 1.807) is 0 Å². The Morgan fingerprint density at radius 2 is 1.71 bits per heavy atom. The summed E-state index contributed by atoms with van der Waals surface area (Å²) in [4.78, 5) is 19.9. The summed E-state index contributed by atoms with van der Waals surface area (Å²) in [5, 5.41) is 3.32. The van der Waals surface area contributed by atoms with Gasteiger partial charge < -0.3 is 10.2 Å². The molecule has 0 aromatic heterocycles. The van der Waals surface area contributed by atoms with E-state index in [2.05, 4.69) is 49.7 Å². The van der Waals surface area contributed by atoms with Gasteiger partial charge in [0, 0.05) is 57.4 Å². The predicted octanol–water partition coefficient (Wildman–Crippen LogP) is 0.611. The lowest BCUT2D eigenvalue weighted by atomic mass is 9.98. The number of amides is 1. The molecule has 5 nitrogen and oxygen atoms in total. The first kappa shape index (κ1) is 16.7. The van der Waals surface area contributed by atoms with Gasteiger partial charge in [0.25, 0.3) is 0 Å². The average Bonchev–Trinajstić information content (AvgIpc) is 2.45. The number of carbonyl (C=O) groups excluding carboxylic acids is 1. The van der Waals surface area contributed by atoms with Gasteiger partial charge in [-0.1, -0.05) is 0 Å². The zero-order valence-electron chi connectivity index (χ0n) is 14.4. The molecule has 0 bridgehead atoms. The van der Waals surface area contributed by atoms with Crippen molar-refractivity contribution >= 4 is 5.91 Å². The van der Waals surface area contributed by atoms with Crippen molar-refractivity contribution in [1.82, 2.24) is 20.0 Å². The van der Waals surface area contributed by atoms with Gasteiger partial charge in [-0.25, -0.2) is 0 Å². The fourth-order valence-corrected chi connectivity index (χ4v) is 3.38. The number of nitrogens with zero attached hydrogens (tertiary/aromatic N) is 3. The lowest BCUT2D eigenvalue weighted by molar-refractivity contribution is -0.143. The van der Waals surface area contributed by atoms with Gasteiger partial charge in [0.15, 0.2) is 0 Å². The highest BCUT2D eigenvalue weighted by atomic mass is 16.2. The van der Waals surface area contributed by atoms with Crippen molar-refractivity contribution in [2.24, 2.45) is 0 Å². The van der Waals surface area contributed by atoms with Gasteiger partial charge >= 0.3 is 0 Å². The van der Waals surface area contributed by atoms with Crippen LogP contribution in [0.15, 0.2) is 0 Å². The lowest BCUT2D eigenvalue weighted by Gasteiger charge is -2.49. The van der Waals surface area contributed by atoms with Crippen molar-refractivity contribution in [3.05, 3.63) is 0 Å². The molecular formula is C16H32N4O. The summed E-state index contributed by atoms with van der Waals surface area (Å²) < 4.78 is 0. The first-order valence-electron chi connectivity index (χ1n) is 8.31. The number of hydrogen-bond donors (Lipinski definition) is 1. The minimum Gasteiger partial charge on any atom is -0.339 e. The quantitative estimate of drug-likeness (QED) is 0.810. The van der Waals surface area contributed by atoms with Crippen LogP contribution >= 0.6 is 0 Å². The van der Waals surface area contributed by atoms with Gasteiger partial charge in [0.05, 0.1) is 0 Å². The van der Waals surface area contributed by atoms with E-state index in [4.69, 9.17) is 0 Å². The van der Waals surface area contributed by atoms with Gasteiger partial charge in [0.1, 0.15) is 6.04 Å². The fourth-order valence-electron chi connectivity index (χ4n) is 3.38. The Morgan fingerprint density at radius 3 is 2.24 bits per heavy atom. The fraction of sp³-hybridized carbons (Fsp3) is 0.938. The molecule has 0 radical (unpaired) electrons. The van der Waals surface area contributed by atoms with Crippen LogP contribution in [-0.2, 0) is 4.79 Å². The third-order valence-corrected chi connectivity index (χ3v) is 4.72. The van der Waals surface area contributed by atoms with Gasteiger partial charge in [-0.3, -0.25) is 14.6 Å². The van der Waals surface area contributed by atoms with Gasteiger partial charge in [0.2, 0.25) is 5.91 Å². The summed E-state index contributed by atoms with van der Waals surface area (Å²) in [6, 6.07) is 0.504. The molecule has 5 heteroatoms. The van der Waals surface area contributed by atoms with Crippen molar-refractivity contribution in [2.75, 3.05) is 45.8 Å². The highest BCUT2D eigenvalue weighted by Crippen LogP contribution is 2.23. The Hall–Kier alpha value is -0.650. The van der Waals surface area contributed by atoms with E-state index >= 15 is 0 Å². The molecule has 2 rings (SSSR count). The number of hydrogen-bond acceptors (Lipinski definition) is 4. The molecule has 21 heavy (non-hydrogen) atoms. The highest BCUT2D eigenvalue weighted by Gasteiger charge is 2.40. The second-order valence-electron chi connectivity index (χ2n) is 7.54. The minimum atomic E-state index is -0.000694. The molecule has 0 aromatic rings. The smallest absolute Gasteiger partial charge is 0.241 e. The summed E-state index contributed by atoms with van der Waals surface area (Å²) >= 11 is 0. The molecule has 2 aliphatic heterocycles. The standard InChI is InChI=1S/C16H32N4O/c1-13(2)19-10-11-20(16(3,4)5)14(12-19)15(21)18-8-6-17-7-9-18/h13-14,17H,6-12H2,1-5H3/t14-/m1/s1. The van der Waals surface area contributed by atoms with Crippen molar-refractivity contribution in [2.45, 2.75) is 52.2 Å². The number of carbonyl (C=O) groups is 1. The SMILES string of the molecule is CC(C)N1CCN(C(C)(C)C)[C@@H](C(=O)N2CCNCC2)C1. The maximum Gasteiger partial charge on any atom is 0.241 e. The molecule has 0 saturated carbocycles. The topological polar surface area (TPSA) is 38.8 Å². The molecule has 1 amide bonds. The Labute approximate surface area is 129 Å². The Balaban J connectivity index is 2.13. The molecule has 0 aliphatic carbocycles. The van der Waals surface area contributed by atoms with Gasteiger partial charge in [-0.05, 0) is 34.6 Å². The molecule has 2 fully saturated rings. The summed E-state index contributed by atoms with van der Waals surface area (Å²) in [5.74, 6) is 0.316. The molecule has 0 spiro atoms. The van der Waals surface area contributed by atoms with Crippen LogP contribution < -0.4 is 5.32 Å². The molecule has 2 saturated heterocycles. The lowest BCUT2D eigenvalue weighted by Crippen LogP contribution is -2.66. The number of piperazine rings is 2. The summed E-state index contributed by atoms with van der Waals surface area (Å²) in [6.45, 7) is 17.5. The predicted molar refractivity (Wildman–Crippen MR) is 86.4 cm³/mol. The van der Waals surface area contributed by atoms with Crippen LogP contribution in [-0.4, -0.2) is 84.0 Å². The van der Waals surface area contributed by atoms with Crippen molar-refractivity contribution in [1.29, 1.82) is 0 Å². The van der Waals surface area contributed by atoms with Gasteiger partial charge in [-0.2, -0.15) is 0 Å². The first-order valence-corrected chi connectivity index (χ1v) is 8.31. The van der Waals surface area contributed by atoms with E-state index in [0.29, 0.717) is 11.9 Å². The molecule has 2 heterocycles. The van der Waals surface area contributed by atoms with Crippen molar-refractivity contribution < 1.29 is 4.79 Å². The third kappa shape index (κ3) is 3.96. The van der Waals surface area contributed by atoms with E-state index in [-0.39, 0.29) is 11.6 Å². The van der Waals surface area contributed by atoms with Crippen molar-refractivity contribution in [3.63, 3.8) is 0 Å². The third-order valence-electron chi connectivity index (χ3n) is 4.72. The van der Waals surface area contributed by atoms with Crippen LogP contribution in [0.25, 0.3) is 0 Å². The maximum absolute atomic E-state index is 13.0. The number of nitrogens with one attached hydrogen (secondary N) is 1. The summed E-state index contributed by atoms with van der Waals surface area (Å²) in [7, 11) is 0. The molecule has 122 valence electrons. The molecular weight excluding hydrogens is 264 g/mol. The zero-order valence-corrected chi connectivity index (χ0v) is 14.4. The van der Waals surface area contributed by atoms with Gasteiger partial charge in [-0.15, -0.1) is 0 Å². The van der Waals surface area contributed by atoms with Crippen molar-refractivity contribution in [3.8, 4) is 0 Å². The van der Waals surface area contributed by atoms with Crippen LogP contribution in [0, 0.1) is 0 Å². The molecule has 0 aromatic carbocycles. The monoisotopic (exact) mass is 296 g/mol. The van der Waals surface area contributed by atoms with E-state index in [9.17, 15) is 4.79 Å². The van der Waals surface area contributed by atoms with Crippen LogP contribution in [0.3, 0.4) is 0 Å². The normalized spacial score (nSPS) is 26.4. The van der Waals surface area contributed by atoms with Crippen LogP contribution in [0.1, 0.15) is 34.6 Å². The highest BCUT2D eigenvalue weighted by molar-refractivity contribution is 5.82. The van der Waals surface area contributed by atoms with E-state index in [1.807, 2.05) is 4.90 Å². The van der Waals surface area contributed by atoms with E-state index in [0.717, 1.165) is 45.8 Å². The first-order chi connectivity index (χ1) is 9.80. The number of rotatable bonds is 2. The van der Waals surface area contributed by atoms with E-state index in [1.165, 1.54) is 0 Å². The largest absolute Gasteiger partial charge is 0.339 e. The second kappa shape index (κ2) is 6.63. The molecule has 1 N–H and O–H groups in total. The van der Waals surface area contributed by atoms with Crippen LogP contribution in [0.5, 0.6) is 0 Å².